The molecule has 2 aromatic carbocycles. The van der Waals surface area contributed by atoms with E-state index < -0.39 is 11.9 Å². The van der Waals surface area contributed by atoms with Crippen LogP contribution >= 0.6 is 11.6 Å². The van der Waals surface area contributed by atoms with Crippen molar-refractivity contribution in [2.75, 3.05) is 5.32 Å². The molecule has 9 heteroatoms. The maximum Gasteiger partial charge on any atom is 1.00 e. The predicted molar refractivity (Wildman–Crippen MR) is 92.1 cm³/mol. The van der Waals surface area contributed by atoms with Crippen molar-refractivity contribution in [1.29, 1.82) is 5.26 Å². The van der Waals surface area contributed by atoms with Crippen LogP contribution in [0.2, 0.25) is 5.02 Å². The smallest absolute Gasteiger partial charge is 0.540 e. The van der Waals surface area contributed by atoms with Crippen LogP contribution in [0.4, 0.5) is 5.69 Å². The number of nitrogens with zero attached hydrogens (tertiary/aromatic N) is 1. The Kier molecular flexibility index (Phi) is 8.75. The van der Waals surface area contributed by atoms with Gasteiger partial charge in [-0.25, -0.2) is 0 Å². The molecule has 7 nitrogen and oxygen atoms in total. The first-order valence-electron chi connectivity index (χ1n) is 7.49. The van der Waals surface area contributed by atoms with Crippen LogP contribution in [0.3, 0.4) is 0 Å². The number of aromatic hydroxyl groups is 1. The van der Waals surface area contributed by atoms with Gasteiger partial charge in [-0.3, -0.25) is 4.79 Å². The number of anilines is 1. The maximum atomic E-state index is 11.2. The number of carboxylic acid groups (broad SMARTS) is 1. The van der Waals surface area contributed by atoms with Crippen molar-refractivity contribution < 1.29 is 75.9 Å². The van der Waals surface area contributed by atoms with Gasteiger partial charge in [0, 0.05) is 11.3 Å². The second-order valence-corrected chi connectivity index (χ2v) is 6.07. The minimum atomic E-state index is -1.91. The molecule has 134 valence electrons. The maximum absolute atomic E-state index is 11.2. The summed E-state index contributed by atoms with van der Waals surface area (Å²) in [6.45, 7) is 3.81. The van der Waals surface area contributed by atoms with Crippen molar-refractivity contribution in [3.63, 3.8) is 0 Å². The molecule has 27 heavy (non-hydrogen) atoms. The van der Waals surface area contributed by atoms with Crippen LogP contribution in [0, 0.1) is 11.3 Å². The van der Waals surface area contributed by atoms with E-state index >= 15 is 0 Å². The number of hydrogen-bond donors (Lipinski definition) is 2. The van der Waals surface area contributed by atoms with Crippen molar-refractivity contribution in [3.8, 4) is 23.3 Å². The number of nitriles is 1. The molecule has 0 saturated heterocycles. The Labute approximate surface area is 203 Å². The molecule has 2 N–H and O–H groups in total. The zero-order valence-electron chi connectivity index (χ0n) is 14.9. The molecule has 2 aromatic rings. The van der Waals surface area contributed by atoms with Crippen LogP contribution in [-0.2, 0) is 9.59 Å². The average Bonchev–Trinajstić information content (AvgIpc) is 2.57. The van der Waals surface area contributed by atoms with Gasteiger partial charge in [0.1, 0.15) is 23.5 Å². The molecule has 0 aliphatic rings. The molecular formula is C18H14ClKN2O5. The molecule has 0 bridgehead atoms. The number of hydrogen-bond acceptors (Lipinski definition) is 6. The zero-order valence-corrected chi connectivity index (χ0v) is 18.7. The summed E-state index contributed by atoms with van der Waals surface area (Å²) >= 11 is 6.12. The Morgan fingerprint density at radius 1 is 1.30 bits per heavy atom. The van der Waals surface area contributed by atoms with Crippen molar-refractivity contribution in [2.45, 2.75) is 19.8 Å². The number of phenolic OH excluding ortho intramolecular Hbond substituents is 1. The zero-order chi connectivity index (χ0) is 19.4. The molecule has 0 unspecified atom stereocenters. The van der Waals surface area contributed by atoms with Crippen LogP contribution in [0.5, 0.6) is 17.2 Å². The molecule has 0 atom stereocenters. The number of nitrogens with one attached hydrogen (secondary N) is 1. The number of carbonyl (C=O) groups is 2. The summed E-state index contributed by atoms with van der Waals surface area (Å²) < 4.78 is 5.68. The van der Waals surface area contributed by atoms with Crippen LogP contribution in [0.25, 0.3) is 0 Å². The number of rotatable bonds is 4. The number of halogens is 1. The third kappa shape index (κ3) is 5.94. The van der Waals surface area contributed by atoms with E-state index in [9.17, 15) is 25.1 Å². The van der Waals surface area contributed by atoms with Gasteiger partial charge >= 0.3 is 51.4 Å². The van der Waals surface area contributed by atoms with Crippen molar-refractivity contribution in [3.05, 3.63) is 46.5 Å². The molecule has 0 aliphatic carbocycles. The summed E-state index contributed by atoms with van der Waals surface area (Å²) in [4.78, 5) is 21.7. The minimum absolute atomic E-state index is 0. The van der Waals surface area contributed by atoms with E-state index in [0.717, 1.165) is 0 Å². The molecule has 0 aromatic heterocycles. The van der Waals surface area contributed by atoms with Crippen molar-refractivity contribution in [1.82, 2.24) is 0 Å². The Balaban J connectivity index is 0.00000364. The Morgan fingerprint density at radius 2 is 1.96 bits per heavy atom. The molecule has 0 heterocycles. The van der Waals surface area contributed by atoms with Gasteiger partial charge in [0.15, 0.2) is 5.75 Å². The topological polar surface area (TPSA) is 122 Å². The first-order valence-corrected chi connectivity index (χ1v) is 7.87. The predicted octanol–water partition coefficient (Wildman–Crippen LogP) is -0.475. The fraction of sp³-hybridized carbons (Fsp3) is 0.167. The Hall–Kier alpha value is -1.60. The first kappa shape index (κ1) is 23.4. The fourth-order valence-electron chi connectivity index (χ4n) is 2.21. The van der Waals surface area contributed by atoms with E-state index in [2.05, 4.69) is 5.32 Å². The first-order chi connectivity index (χ1) is 12.2. The average molecular weight is 413 g/mol. The standard InChI is InChI=1S/C18H15ClN2O5.K/c1-9(2)13-7-12(3-4-15(13)22)26-16-10(8-20)5-11(6-14(16)19)21-17(23)18(24)25;/h3-7,9,22H,1-2H3,(H,21,23)(H,24,25);/q;+1/p-1. The molecule has 0 saturated carbocycles. The fourth-order valence-corrected chi connectivity index (χ4v) is 2.47. The Morgan fingerprint density at radius 3 is 2.52 bits per heavy atom. The van der Waals surface area contributed by atoms with Crippen LogP contribution in [0.1, 0.15) is 30.9 Å². The van der Waals surface area contributed by atoms with E-state index in [0.29, 0.717) is 11.3 Å². The number of aliphatic carboxylic acids is 1. The largest absolute Gasteiger partial charge is 1.00 e. The van der Waals surface area contributed by atoms with Crippen LogP contribution in [0.15, 0.2) is 30.3 Å². The third-order valence-electron chi connectivity index (χ3n) is 3.45. The van der Waals surface area contributed by atoms with Gasteiger partial charge in [-0.15, -0.1) is 0 Å². The second kappa shape index (κ2) is 10.1. The minimum Gasteiger partial charge on any atom is -0.540 e. The molecule has 0 aliphatic heterocycles. The number of ether oxygens (including phenoxy) is 1. The van der Waals surface area contributed by atoms with Crippen LogP contribution in [-0.4, -0.2) is 17.0 Å². The van der Waals surface area contributed by atoms with Gasteiger partial charge in [0.05, 0.1) is 10.6 Å². The normalized spacial score (nSPS) is 9.89. The van der Waals surface area contributed by atoms with Gasteiger partial charge in [-0.2, -0.15) is 5.26 Å². The van der Waals surface area contributed by atoms with Crippen molar-refractivity contribution >= 4 is 29.2 Å². The number of carbonyl (C=O) groups excluding carboxylic acids is 2. The molecular weight excluding hydrogens is 399 g/mol. The summed E-state index contributed by atoms with van der Waals surface area (Å²) in [5.41, 5.74) is 0.668. The molecule has 2 rings (SSSR count). The summed E-state index contributed by atoms with van der Waals surface area (Å²) in [7, 11) is 0. The van der Waals surface area contributed by atoms with Gasteiger partial charge < -0.3 is 25.1 Å². The van der Waals surface area contributed by atoms with Gasteiger partial charge in [-0.1, -0.05) is 25.4 Å². The number of amides is 1. The molecule has 0 fully saturated rings. The van der Waals surface area contributed by atoms with Crippen molar-refractivity contribution in [2.24, 2.45) is 0 Å². The summed E-state index contributed by atoms with van der Waals surface area (Å²) in [6.07, 6.45) is 0. The van der Waals surface area contributed by atoms with E-state index in [4.69, 9.17) is 16.3 Å². The van der Waals surface area contributed by atoms with E-state index in [-0.39, 0.29) is 85.1 Å². The number of carboxylic acids is 1. The molecule has 0 radical (unpaired) electrons. The van der Waals surface area contributed by atoms with E-state index in [1.165, 1.54) is 24.3 Å². The molecule has 0 spiro atoms. The summed E-state index contributed by atoms with van der Waals surface area (Å²) in [6, 6.07) is 8.97. The summed E-state index contributed by atoms with van der Waals surface area (Å²) in [5, 5.41) is 31.7. The second-order valence-electron chi connectivity index (χ2n) is 5.67. The SMILES string of the molecule is CC(C)c1cc(Oc2c(Cl)cc(NC(=O)C(=O)[O-])cc2C#N)ccc1O.[K+]. The van der Waals surface area contributed by atoms with Gasteiger partial charge in [-0.05, 0) is 36.2 Å². The monoisotopic (exact) mass is 412 g/mol. The van der Waals surface area contributed by atoms with E-state index in [1.54, 1.807) is 6.07 Å². The quantitative estimate of drug-likeness (QED) is 0.517. The number of phenols is 1. The summed E-state index contributed by atoms with van der Waals surface area (Å²) in [5.74, 6) is -2.70. The van der Waals surface area contributed by atoms with E-state index in [1.807, 2.05) is 19.9 Å². The Bertz CT molecular complexity index is 925. The van der Waals surface area contributed by atoms with Gasteiger partial charge in [0.2, 0.25) is 0 Å². The third-order valence-corrected chi connectivity index (χ3v) is 3.73. The molecule has 1 amide bonds. The number of benzene rings is 2. The van der Waals surface area contributed by atoms with Gasteiger partial charge in [0.25, 0.3) is 5.91 Å². The van der Waals surface area contributed by atoms with Crippen LogP contribution < -0.4 is 66.5 Å².